The highest BCUT2D eigenvalue weighted by molar-refractivity contribution is 7.26. The Morgan fingerprint density at radius 3 is 1.87 bits per heavy atom. The zero-order valence-electron chi connectivity index (χ0n) is 38.3. The SMILES string of the molecule is CC1C=CC(c2ccc(-c3cc4ccccc4c4ccccc34)cc2N(c2ccc(-c3cccc(-c4ccc5ccccc5c4)c3)cc2)c2cccc(-c3cccc4c3sc3ccccc34)c2)=CC1. The summed E-state index contributed by atoms with van der Waals surface area (Å²) in [6, 6.07) is 85.5. The Kier molecular flexibility index (Phi) is 10.1. The highest BCUT2D eigenvalue weighted by atomic mass is 32.1. The molecule has 13 rings (SSSR count). The summed E-state index contributed by atoms with van der Waals surface area (Å²) < 4.78 is 2.63. The molecule has 0 N–H and O–H groups in total. The van der Waals surface area contributed by atoms with Crippen molar-refractivity contribution in [3.63, 3.8) is 0 Å². The summed E-state index contributed by atoms with van der Waals surface area (Å²) in [6.45, 7) is 2.30. The number of nitrogens with zero attached hydrogens (tertiary/aromatic N) is 1. The van der Waals surface area contributed by atoms with Gasteiger partial charge in [-0.05, 0) is 149 Å². The van der Waals surface area contributed by atoms with Gasteiger partial charge in [0.25, 0.3) is 0 Å². The summed E-state index contributed by atoms with van der Waals surface area (Å²) in [6.07, 6.45) is 8.13. The Labute approximate surface area is 407 Å². The van der Waals surface area contributed by atoms with Crippen LogP contribution in [0.1, 0.15) is 18.9 Å². The zero-order chi connectivity index (χ0) is 45.8. The molecular formula is C67H47NS. The van der Waals surface area contributed by atoms with Crippen LogP contribution in [0.2, 0.25) is 0 Å². The Morgan fingerprint density at radius 1 is 0.391 bits per heavy atom. The van der Waals surface area contributed by atoms with Gasteiger partial charge in [0.15, 0.2) is 0 Å². The van der Waals surface area contributed by atoms with E-state index < -0.39 is 0 Å². The fourth-order valence-electron chi connectivity index (χ4n) is 10.6. The van der Waals surface area contributed by atoms with Crippen LogP contribution in [0.25, 0.3) is 103 Å². The number of benzene rings is 11. The molecule has 326 valence electrons. The summed E-state index contributed by atoms with van der Waals surface area (Å²) in [5.41, 5.74) is 15.4. The van der Waals surface area contributed by atoms with Crippen LogP contribution in [-0.4, -0.2) is 0 Å². The van der Waals surface area contributed by atoms with E-state index in [9.17, 15) is 0 Å². The van der Waals surface area contributed by atoms with Crippen molar-refractivity contribution in [3.05, 3.63) is 254 Å². The number of hydrogen-bond acceptors (Lipinski definition) is 2. The van der Waals surface area contributed by atoms with Gasteiger partial charge < -0.3 is 4.90 Å². The molecule has 1 heterocycles. The summed E-state index contributed by atoms with van der Waals surface area (Å²) in [5, 5.41) is 10.2. The van der Waals surface area contributed by atoms with Crippen molar-refractivity contribution in [1.29, 1.82) is 0 Å². The van der Waals surface area contributed by atoms with E-state index in [1.165, 1.54) is 108 Å². The predicted molar refractivity (Wildman–Crippen MR) is 299 cm³/mol. The maximum absolute atomic E-state index is 2.50. The Morgan fingerprint density at radius 2 is 1.03 bits per heavy atom. The third-order valence-corrected chi connectivity index (χ3v) is 15.4. The summed E-state index contributed by atoms with van der Waals surface area (Å²) in [4.78, 5) is 2.50. The Bertz CT molecular complexity index is 4020. The van der Waals surface area contributed by atoms with Crippen LogP contribution in [0.3, 0.4) is 0 Å². The first-order chi connectivity index (χ1) is 34.1. The molecule has 0 fully saturated rings. The monoisotopic (exact) mass is 897 g/mol. The van der Waals surface area contributed by atoms with E-state index in [-0.39, 0.29) is 0 Å². The average Bonchev–Trinajstić information content (AvgIpc) is 3.80. The van der Waals surface area contributed by atoms with Crippen LogP contribution < -0.4 is 4.90 Å². The van der Waals surface area contributed by atoms with Crippen LogP contribution in [0.15, 0.2) is 249 Å². The van der Waals surface area contributed by atoms with E-state index in [2.05, 4.69) is 261 Å². The third-order valence-electron chi connectivity index (χ3n) is 14.2. The second-order valence-corrected chi connectivity index (χ2v) is 19.6. The molecule has 1 atom stereocenters. The largest absolute Gasteiger partial charge is 0.310 e. The molecule has 0 spiro atoms. The van der Waals surface area contributed by atoms with Gasteiger partial charge in [-0.3, -0.25) is 0 Å². The van der Waals surface area contributed by atoms with Crippen molar-refractivity contribution in [3.8, 4) is 44.5 Å². The van der Waals surface area contributed by atoms with Gasteiger partial charge in [-0.2, -0.15) is 0 Å². The minimum Gasteiger partial charge on any atom is -0.310 e. The average molecular weight is 898 g/mol. The second-order valence-electron chi connectivity index (χ2n) is 18.5. The first-order valence-electron chi connectivity index (χ1n) is 24.0. The highest BCUT2D eigenvalue weighted by Gasteiger charge is 2.22. The van der Waals surface area contributed by atoms with E-state index in [1.807, 2.05) is 11.3 Å². The maximum Gasteiger partial charge on any atom is 0.0546 e. The van der Waals surface area contributed by atoms with Gasteiger partial charge in [-0.1, -0.05) is 201 Å². The molecule has 12 aromatic rings. The molecule has 0 saturated heterocycles. The van der Waals surface area contributed by atoms with Crippen LogP contribution in [0.4, 0.5) is 17.1 Å². The normalized spacial score (nSPS) is 13.7. The van der Waals surface area contributed by atoms with E-state index in [4.69, 9.17) is 0 Å². The van der Waals surface area contributed by atoms with E-state index in [0.29, 0.717) is 5.92 Å². The minimum atomic E-state index is 0.497. The number of allylic oxidation sites excluding steroid dienone is 4. The van der Waals surface area contributed by atoms with Crippen molar-refractivity contribution in [1.82, 2.24) is 0 Å². The molecule has 0 amide bonds. The first kappa shape index (κ1) is 40.9. The molecular weight excluding hydrogens is 851 g/mol. The minimum absolute atomic E-state index is 0.497. The Hall–Kier alpha value is -8.30. The highest BCUT2D eigenvalue weighted by Crippen LogP contribution is 2.47. The lowest BCUT2D eigenvalue weighted by molar-refractivity contribution is 0.739. The standard InChI is InChI=1S/C67H47NS/c1-44-27-29-47(30-28-44)58-38-35-54(64-42-53-15-4-5-20-57(53)60-21-6-7-22-61(60)64)43-65(58)68(56-19-11-18-52(41-56)59-24-12-25-63-62-23-8-9-26-66(62)69-67(59)63)55-36-33-46(34-37-55)49-16-10-17-50(39-49)51-32-31-45-13-2-3-14-48(45)40-51/h2-27,29-44H,28H2,1H3. The van der Waals surface area contributed by atoms with Crippen LogP contribution >= 0.6 is 11.3 Å². The Balaban J connectivity index is 1.00. The van der Waals surface area contributed by atoms with Gasteiger partial charge in [0, 0.05) is 37.1 Å². The molecule has 11 aromatic carbocycles. The van der Waals surface area contributed by atoms with Crippen molar-refractivity contribution in [2.75, 3.05) is 4.90 Å². The molecule has 0 radical (unpaired) electrons. The molecule has 1 nitrogen and oxygen atoms in total. The number of thiophene rings is 1. The summed E-state index contributed by atoms with van der Waals surface area (Å²) in [5.74, 6) is 0.497. The molecule has 1 aromatic heterocycles. The molecule has 2 heteroatoms. The predicted octanol–water partition coefficient (Wildman–Crippen LogP) is 19.6. The van der Waals surface area contributed by atoms with Gasteiger partial charge in [0.1, 0.15) is 0 Å². The van der Waals surface area contributed by atoms with Crippen molar-refractivity contribution < 1.29 is 0 Å². The fourth-order valence-corrected chi connectivity index (χ4v) is 11.9. The lowest BCUT2D eigenvalue weighted by Crippen LogP contribution is -2.13. The quantitative estimate of drug-likeness (QED) is 0.137. The second kappa shape index (κ2) is 17.1. The smallest absolute Gasteiger partial charge is 0.0546 e. The zero-order valence-corrected chi connectivity index (χ0v) is 39.1. The third kappa shape index (κ3) is 7.42. The number of fused-ring (bicyclic) bond motifs is 7. The van der Waals surface area contributed by atoms with Crippen LogP contribution in [0, 0.1) is 5.92 Å². The molecule has 0 aliphatic heterocycles. The summed E-state index contributed by atoms with van der Waals surface area (Å²) in [7, 11) is 0. The number of hydrogen-bond donors (Lipinski definition) is 0. The number of anilines is 3. The van der Waals surface area contributed by atoms with Gasteiger partial charge in [-0.15, -0.1) is 11.3 Å². The number of rotatable bonds is 8. The van der Waals surface area contributed by atoms with Gasteiger partial charge >= 0.3 is 0 Å². The molecule has 1 aliphatic carbocycles. The van der Waals surface area contributed by atoms with E-state index in [1.54, 1.807) is 0 Å². The fraction of sp³-hybridized carbons (Fsp3) is 0.0448. The van der Waals surface area contributed by atoms with Gasteiger partial charge in [0.2, 0.25) is 0 Å². The van der Waals surface area contributed by atoms with Crippen molar-refractivity contribution in [2.45, 2.75) is 13.3 Å². The molecule has 69 heavy (non-hydrogen) atoms. The maximum atomic E-state index is 2.50. The summed E-state index contributed by atoms with van der Waals surface area (Å²) >= 11 is 1.88. The molecule has 1 aliphatic rings. The topological polar surface area (TPSA) is 3.24 Å². The van der Waals surface area contributed by atoms with E-state index in [0.717, 1.165) is 23.5 Å². The van der Waals surface area contributed by atoms with Crippen LogP contribution in [-0.2, 0) is 0 Å². The van der Waals surface area contributed by atoms with Crippen LogP contribution in [0.5, 0.6) is 0 Å². The van der Waals surface area contributed by atoms with Gasteiger partial charge in [0.05, 0.1) is 5.69 Å². The molecule has 1 unspecified atom stereocenters. The lowest BCUT2D eigenvalue weighted by Gasteiger charge is -2.30. The van der Waals surface area contributed by atoms with Crippen molar-refractivity contribution >= 4 is 86.5 Å². The first-order valence-corrected chi connectivity index (χ1v) is 24.9. The van der Waals surface area contributed by atoms with E-state index >= 15 is 0 Å². The lowest BCUT2D eigenvalue weighted by atomic mass is 9.89. The van der Waals surface area contributed by atoms with Gasteiger partial charge in [-0.25, -0.2) is 0 Å². The molecule has 0 saturated carbocycles. The molecule has 0 bridgehead atoms. The van der Waals surface area contributed by atoms with Crippen molar-refractivity contribution in [2.24, 2.45) is 5.92 Å².